The second-order valence-corrected chi connectivity index (χ2v) is 6.83. The fourth-order valence-corrected chi connectivity index (χ4v) is 3.74. The molecule has 2 heterocycles. The van der Waals surface area contributed by atoms with Crippen LogP contribution in [0.4, 0.5) is 0 Å². The first kappa shape index (κ1) is 21.2. The summed E-state index contributed by atoms with van der Waals surface area (Å²) in [5.41, 5.74) is 0.966. The molecule has 30 heavy (non-hydrogen) atoms. The van der Waals surface area contributed by atoms with Crippen LogP contribution in [0.2, 0.25) is 0 Å². The van der Waals surface area contributed by atoms with E-state index in [1.807, 2.05) is 0 Å². The molecule has 0 spiro atoms. The maximum absolute atomic E-state index is 12.5. The number of imide groups is 2. The van der Waals surface area contributed by atoms with Crippen molar-refractivity contribution in [1.82, 2.24) is 9.80 Å². The molecule has 4 amide bonds. The van der Waals surface area contributed by atoms with E-state index in [4.69, 9.17) is 0 Å². The molecular formula is C21H17ClN2O6. The van der Waals surface area contributed by atoms with Crippen molar-refractivity contribution in [1.29, 1.82) is 0 Å². The Morgan fingerprint density at radius 3 is 1.57 bits per heavy atom. The monoisotopic (exact) mass is 428 g/mol. The van der Waals surface area contributed by atoms with Gasteiger partial charge < -0.3 is 5.11 Å². The minimum Gasteiger partial charge on any atom is -0.480 e. The van der Waals surface area contributed by atoms with Crippen LogP contribution in [0.1, 0.15) is 54.3 Å². The van der Waals surface area contributed by atoms with Gasteiger partial charge in [0.2, 0.25) is 0 Å². The highest BCUT2D eigenvalue weighted by Crippen LogP contribution is 2.27. The number of benzene rings is 2. The standard InChI is InChI=1S/C21H16N2O6.ClH/c24-17-12-6-1-2-7-13(12)18(25)22(17)11-5-10-16(21(28)29)23-19(26)14-8-3-4-9-15(14)20(23)27;/h1-4,6-9,16H,5,10-11H2,(H,28,29);1H. The number of fused-ring (bicyclic) bond motifs is 2. The number of hydrogen-bond acceptors (Lipinski definition) is 5. The molecule has 0 saturated carbocycles. The molecule has 154 valence electrons. The maximum atomic E-state index is 12.5. The van der Waals surface area contributed by atoms with E-state index in [2.05, 4.69) is 0 Å². The Hall–Kier alpha value is -3.52. The number of amides is 4. The number of carboxylic acid groups (broad SMARTS) is 1. The molecule has 2 aromatic carbocycles. The molecule has 0 saturated heterocycles. The largest absolute Gasteiger partial charge is 0.480 e. The Kier molecular flexibility index (Phi) is 5.71. The van der Waals surface area contributed by atoms with Gasteiger partial charge in [0.15, 0.2) is 0 Å². The zero-order valence-corrected chi connectivity index (χ0v) is 16.4. The molecule has 1 N–H and O–H groups in total. The van der Waals surface area contributed by atoms with E-state index in [9.17, 15) is 29.1 Å². The van der Waals surface area contributed by atoms with E-state index in [0.717, 1.165) is 9.80 Å². The zero-order valence-electron chi connectivity index (χ0n) is 15.6. The maximum Gasteiger partial charge on any atom is 0.326 e. The average molecular weight is 429 g/mol. The van der Waals surface area contributed by atoms with Crippen molar-refractivity contribution in [2.45, 2.75) is 18.9 Å². The average Bonchev–Trinajstić information content (AvgIpc) is 3.11. The molecule has 2 aliphatic rings. The number of aliphatic carboxylic acids is 1. The number of carboxylic acids is 1. The third-order valence-electron chi connectivity index (χ3n) is 5.16. The first-order valence-corrected chi connectivity index (χ1v) is 9.06. The van der Waals surface area contributed by atoms with Gasteiger partial charge in [-0.1, -0.05) is 24.3 Å². The lowest BCUT2D eigenvalue weighted by Crippen LogP contribution is -2.45. The first-order chi connectivity index (χ1) is 13.9. The molecule has 0 aromatic heterocycles. The number of hydrogen-bond donors (Lipinski definition) is 1. The van der Waals surface area contributed by atoms with E-state index in [1.54, 1.807) is 36.4 Å². The molecule has 8 nitrogen and oxygen atoms in total. The summed E-state index contributed by atoms with van der Waals surface area (Å²) in [5.74, 6) is -3.49. The molecule has 1 unspecified atom stereocenters. The SMILES string of the molecule is Cl.O=C(O)C(CCCN1C(=O)c2ccccc2C1=O)N1C(=O)c2ccccc2C1=O. The van der Waals surface area contributed by atoms with E-state index in [1.165, 1.54) is 12.1 Å². The van der Waals surface area contributed by atoms with Crippen LogP contribution in [-0.2, 0) is 4.79 Å². The lowest BCUT2D eigenvalue weighted by atomic mass is 10.1. The van der Waals surface area contributed by atoms with E-state index < -0.39 is 35.6 Å². The van der Waals surface area contributed by atoms with E-state index >= 15 is 0 Å². The zero-order chi connectivity index (χ0) is 20.7. The molecule has 0 fully saturated rings. The molecule has 4 rings (SSSR count). The van der Waals surface area contributed by atoms with Crippen LogP contribution in [0.15, 0.2) is 48.5 Å². The number of rotatable bonds is 6. The van der Waals surface area contributed by atoms with Crippen LogP contribution in [0, 0.1) is 0 Å². The molecule has 0 radical (unpaired) electrons. The number of carbonyl (C=O) groups excluding carboxylic acids is 4. The summed E-state index contributed by atoms with van der Waals surface area (Å²) in [7, 11) is 0. The van der Waals surface area contributed by atoms with Gasteiger partial charge in [0.1, 0.15) is 6.04 Å². The van der Waals surface area contributed by atoms with Crippen LogP contribution < -0.4 is 0 Å². The topological polar surface area (TPSA) is 112 Å². The van der Waals surface area contributed by atoms with E-state index in [-0.39, 0.29) is 42.9 Å². The highest BCUT2D eigenvalue weighted by Gasteiger charge is 2.43. The number of carbonyl (C=O) groups is 5. The van der Waals surface area contributed by atoms with Crippen molar-refractivity contribution in [3.8, 4) is 0 Å². The summed E-state index contributed by atoms with van der Waals surface area (Å²) in [4.78, 5) is 63.5. The van der Waals surface area contributed by atoms with Gasteiger partial charge in [-0.25, -0.2) is 4.79 Å². The van der Waals surface area contributed by atoms with E-state index in [0.29, 0.717) is 11.1 Å². The van der Waals surface area contributed by atoms with Crippen molar-refractivity contribution in [3.63, 3.8) is 0 Å². The summed E-state index contributed by atoms with van der Waals surface area (Å²) in [5, 5.41) is 9.59. The van der Waals surface area contributed by atoms with Crippen LogP contribution in [0.5, 0.6) is 0 Å². The summed E-state index contributed by atoms with van der Waals surface area (Å²) in [6, 6.07) is 11.2. The predicted molar refractivity (Wildman–Crippen MR) is 107 cm³/mol. The lowest BCUT2D eigenvalue weighted by Gasteiger charge is -2.23. The number of halogens is 1. The normalized spacial score (nSPS) is 15.7. The van der Waals surface area contributed by atoms with Crippen molar-refractivity contribution in [2.75, 3.05) is 6.54 Å². The molecule has 9 heteroatoms. The second-order valence-electron chi connectivity index (χ2n) is 6.83. The fourth-order valence-electron chi connectivity index (χ4n) is 3.74. The Bertz CT molecular complexity index is 1010. The third kappa shape index (κ3) is 3.25. The van der Waals surface area contributed by atoms with Crippen LogP contribution in [-0.4, -0.2) is 57.1 Å². The second kappa shape index (κ2) is 8.08. The number of nitrogens with zero attached hydrogens (tertiary/aromatic N) is 2. The molecule has 2 aliphatic heterocycles. The molecule has 2 aromatic rings. The highest BCUT2D eigenvalue weighted by molar-refractivity contribution is 6.23. The summed E-state index contributed by atoms with van der Waals surface area (Å²) in [6.45, 7) is -0.000698. The summed E-state index contributed by atoms with van der Waals surface area (Å²) < 4.78 is 0. The van der Waals surface area contributed by atoms with Gasteiger partial charge in [-0.15, -0.1) is 12.4 Å². The van der Waals surface area contributed by atoms with Crippen molar-refractivity contribution in [2.24, 2.45) is 0 Å². The molecule has 0 aliphatic carbocycles. The summed E-state index contributed by atoms with van der Waals surface area (Å²) >= 11 is 0. The van der Waals surface area contributed by atoms with Gasteiger partial charge >= 0.3 is 5.97 Å². The van der Waals surface area contributed by atoms with Gasteiger partial charge in [0.05, 0.1) is 22.3 Å². The lowest BCUT2D eigenvalue weighted by molar-refractivity contribution is -0.141. The summed E-state index contributed by atoms with van der Waals surface area (Å²) in [6.07, 6.45) is 0.0596. The van der Waals surface area contributed by atoms with Gasteiger partial charge in [-0.05, 0) is 37.1 Å². The quantitative estimate of drug-likeness (QED) is 0.706. The highest BCUT2D eigenvalue weighted by atomic mass is 35.5. The van der Waals surface area contributed by atoms with Gasteiger partial charge in [-0.2, -0.15) is 0 Å². The minimum absolute atomic E-state index is 0. The Morgan fingerprint density at radius 2 is 1.17 bits per heavy atom. The van der Waals surface area contributed by atoms with Crippen molar-refractivity contribution >= 4 is 42.0 Å². The Labute approximate surface area is 177 Å². The molecule has 0 bridgehead atoms. The van der Waals surface area contributed by atoms with Crippen molar-refractivity contribution in [3.05, 3.63) is 70.8 Å². The van der Waals surface area contributed by atoms with Crippen LogP contribution in [0.3, 0.4) is 0 Å². The minimum atomic E-state index is -1.38. The van der Waals surface area contributed by atoms with Crippen LogP contribution >= 0.6 is 12.4 Å². The van der Waals surface area contributed by atoms with Gasteiger partial charge in [-0.3, -0.25) is 29.0 Å². The van der Waals surface area contributed by atoms with Crippen LogP contribution in [0.25, 0.3) is 0 Å². The third-order valence-corrected chi connectivity index (χ3v) is 5.16. The molecule has 1 atom stereocenters. The van der Waals surface area contributed by atoms with Crippen molar-refractivity contribution < 1.29 is 29.1 Å². The predicted octanol–water partition coefficient (Wildman–Crippen LogP) is 2.23. The van der Waals surface area contributed by atoms with Gasteiger partial charge in [0.25, 0.3) is 23.6 Å². The van der Waals surface area contributed by atoms with Gasteiger partial charge in [0, 0.05) is 6.54 Å². The Morgan fingerprint density at radius 1 is 0.767 bits per heavy atom. The smallest absolute Gasteiger partial charge is 0.326 e. The molecular weight excluding hydrogens is 412 g/mol. The first-order valence-electron chi connectivity index (χ1n) is 9.06. The Balaban J connectivity index is 0.00000256. The fraction of sp³-hybridized carbons (Fsp3) is 0.190.